The van der Waals surface area contributed by atoms with Crippen LogP contribution in [0.25, 0.3) is 0 Å². The second-order valence-electron chi connectivity index (χ2n) is 6.69. The number of carbonyl (C=O) groups excluding carboxylic acids is 1. The summed E-state index contributed by atoms with van der Waals surface area (Å²) in [4.78, 5) is 13.5. The van der Waals surface area contributed by atoms with E-state index in [-0.39, 0.29) is 29.6 Å². The highest BCUT2D eigenvalue weighted by Gasteiger charge is 2.35. The van der Waals surface area contributed by atoms with Crippen molar-refractivity contribution in [1.82, 2.24) is 4.31 Å². The molecule has 1 aliphatic rings. The van der Waals surface area contributed by atoms with E-state index in [2.05, 4.69) is 5.32 Å². The molecule has 6 nitrogen and oxygen atoms in total. The molecule has 2 aromatic carbocycles. The van der Waals surface area contributed by atoms with Gasteiger partial charge in [-0.05, 0) is 49.4 Å². The van der Waals surface area contributed by atoms with Gasteiger partial charge in [0, 0.05) is 18.0 Å². The molecule has 1 saturated heterocycles. The second-order valence-corrected chi connectivity index (χ2v) is 9.44. The molecule has 1 amide bonds. The minimum absolute atomic E-state index is 0.0370. The molecule has 0 bridgehead atoms. The van der Waals surface area contributed by atoms with Crippen molar-refractivity contribution in [1.29, 1.82) is 0 Å². The molecule has 1 atom stereocenters. The summed E-state index contributed by atoms with van der Waals surface area (Å²) in [5.74, 6) is -1.30. The fourth-order valence-electron chi connectivity index (χ4n) is 3.35. The lowest BCUT2D eigenvalue weighted by molar-refractivity contribution is -0.120. The average Bonchev–Trinajstić information content (AvgIpc) is 2.74. The summed E-state index contributed by atoms with van der Waals surface area (Å²) in [6.45, 7) is 0.308. The zero-order valence-electron chi connectivity index (χ0n) is 16.2. The van der Waals surface area contributed by atoms with Gasteiger partial charge in [-0.1, -0.05) is 12.1 Å². The smallest absolute Gasteiger partial charge is 0.246 e. The zero-order chi connectivity index (χ0) is 21.0. The van der Waals surface area contributed by atoms with Crippen LogP contribution in [0.15, 0.2) is 52.3 Å². The Morgan fingerprint density at radius 2 is 2.03 bits per heavy atom. The molecule has 2 aromatic rings. The summed E-state index contributed by atoms with van der Waals surface area (Å²) >= 11 is 1.52. The number of hydrogen-bond donors (Lipinski definition) is 1. The summed E-state index contributed by atoms with van der Waals surface area (Å²) in [6.07, 6.45) is 3.05. The predicted octanol–water partition coefficient (Wildman–Crippen LogP) is 3.60. The minimum atomic E-state index is -4.00. The third-order valence-electron chi connectivity index (χ3n) is 4.86. The van der Waals surface area contributed by atoms with Crippen LogP contribution in [0.4, 0.5) is 10.1 Å². The van der Waals surface area contributed by atoms with Crippen LogP contribution in [-0.2, 0) is 14.8 Å². The number of rotatable bonds is 6. The highest BCUT2D eigenvalue weighted by Crippen LogP contribution is 2.31. The lowest BCUT2D eigenvalue weighted by Gasteiger charge is -2.31. The highest BCUT2D eigenvalue weighted by molar-refractivity contribution is 7.98. The Bertz CT molecular complexity index is 998. The number of nitrogens with zero attached hydrogens (tertiary/aromatic N) is 1. The van der Waals surface area contributed by atoms with Crippen molar-refractivity contribution in [3.05, 3.63) is 48.3 Å². The Morgan fingerprint density at radius 3 is 2.76 bits per heavy atom. The molecule has 0 unspecified atom stereocenters. The predicted molar refractivity (Wildman–Crippen MR) is 111 cm³/mol. The first-order chi connectivity index (χ1) is 13.9. The number of nitrogens with one attached hydrogen (secondary N) is 1. The van der Waals surface area contributed by atoms with Crippen LogP contribution in [0.2, 0.25) is 0 Å². The highest BCUT2D eigenvalue weighted by atomic mass is 32.2. The molecule has 1 heterocycles. The van der Waals surface area contributed by atoms with Gasteiger partial charge >= 0.3 is 0 Å². The largest absolute Gasteiger partial charge is 0.495 e. The molecule has 9 heteroatoms. The lowest BCUT2D eigenvalue weighted by Crippen LogP contribution is -2.43. The van der Waals surface area contributed by atoms with E-state index in [9.17, 15) is 17.6 Å². The summed E-state index contributed by atoms with van der Waals surface area (Å²) in [5.41, 5.74) is 0.705. The maximum absolute atomic E-state index is 13.7. The van der Waals surface area contributed by atoms with Gasteiger partial charge in [0.25, 0.3) is 0 Å². The SMILES string of the molecule is COc1ccc(F)cc1S(=O)(=O)N1CCC[C@@H](C(=O)Nc2ccccc2SC)C1. The van der Waals surface area contributed by atoms with Gasteiger partial charge in [0.1, 0.15) is 16.5 Å². The number of thioether (sulfide) groups is 1. The van der Waals surface area contributed by atoms with Crippen molar-refractivity contribution in [3.8, 4) is 5.75 Å². The molecule has 0 aliphatic carbocycles. The summed E-state index contributed by atoms with van der Waals surface area (Å²) in [6, 6.07) is 10.8. The fourth-order valence-corrected chi connectivity index (χ4v) is 5.59. The summed E-state index contributed by atoms with van der Waals surface area (Å²) in [7, 11) is -2.66. The van der Waals surface area contributed by atoms with Crippen LogP contribution in [0.3, 0.4) is 0 Å². The fraction of sp³-hybridized carbons (Fsp3) is 0.350. The molecular formula is C20H23FN2O4S2. The lowest BCUT2D eigenvalue weighted by atomic mass is 9.99. The minimum Gasteiger partial charge on any atom is -0.495 e. The maximum Gasteiger partial charge on any atom is 0.246 e. The molecule has 1 N–H and O–H groups in total. The van der Waals surface area contributed by atoms with Gasteiger partial charge in [-0.25, -0.2) is 12.8 Å². The van der Waals surface area contributed by atoms with E-state index in [4.69, 9.17) is 4.74 Å². The zero-order valence-corrected chi connectivity index (χ0v) is 17.9. The number of amides is 1. The Balaban J connectivity index is 1.80. The third-order valence-corrected chi connectivity index (χ3v) is 7.55. The number of hydrogen-bond acceptors (Lipinski definition) is 5. The van der Waals surface area contributed by atoms with Gasteiger partial charge in [-0.15, -0.1) is 11.8 Å². The van der Waals surface area contributed by atoms with Crippen LogP contribution in [0.5, 0.6) is 5.75 Å². The van der Waals surface area contributed by atoms with Crippen molar-refractivity contribution in [2.45, 2.75) is 22.6 Å². The van der Waals surface area contributed by atoms with Gasteiger partial charge in [0.2, 0.25) is 15.9 Å². The van der Waals surface area contributed by atoms with Crippen molar-refractivity contribution in [2.75, 3.05) is 31.8 Å². The first-order valence-electron chi connectivity index (χ1n) is 9.14. The molecule has 1 aliphatic heterocycles. The first kappa shape index (κ1) is 21.6. The summed E-state index contributed by atoms with van der Waals surface area (Å²) in [5, 5.41) is 2.91. The molecule has 0 saturated carbocycles. The van der Waals surface area contributed by atoms with Crippen molar-refractivity contribution < 1.29 is 22.3 Å². The second kappa shape index (κ2) is 9.15. The van der Waals surface area contributed by atoms with Gasteiger partial charge in [0.15, 0.2) is 0 Å². The quantitative estimate of drug-likeness (QED) is 0.698. The van der Waals surface area contributed by atoms with E-state index in [1.165, 1.54) is 29.2 Å². The van der Waals surface area contributed by atoms with Crippen LogP contribution in [0, 0.1) is 11.7 Å². The van der Waals surface area contributed by atoms with Gasteiger partial charge in [0.05, 0.1) is 18.7 Å². The van der Waals surface area contributed by atoms with E-state index in [1.807, 2.05) is 30.5 Å². The molecular weight excluding hydrogens is 415 g/mol. The topological polar surface area (TPSA) is 75.7 Å². The number of anilines is 1. The van der Waals surface area contributed by atoms with Gasteiger partial charge in [-0.3, -0.25) is 4.79 Å². The molecule has 0 spiro atoms. The number of piperidine rings is 1. The van der Waals surface area contributed by atoms with Crippen molar-refractivity contribution in [2.24, 2.45) is 5.92 Å². The van der Waals surface area contributed by atoms with Crippen LogP contribution < -0.4 is 10.1 Å². The number of benzene rings is 2. The van der Waals surface area contributed by atoms with Gasteiger partial charge < -0.3 is 10.1 Å². The molecule has 3 rings (SSSR count). The van der Waals surface area contributed by atoms with Crippen molar-refractivity contribution >= 4 is 33.4 Å². The van der Waals surface area contributed by atoms with Crippen molar-refractivity contribution in [3.63, 3.8) is 0 Å². The van der Waals surface area contributed by atoms with E-state index in [1.54, 1.807) is 0 Å². The number of halogens is 1. The van der Waals surface area contributed by atoms with E-state index in [0.717, 1.165) is 17.0 Å². The Labute approximate surface area is 174 Å². The van der Waals surface area contributed by atoms with E-state index < -0.39 is 21.8 Å². The number of methoxy groups -OCH3 is 1. The number of sulfonamides is 1. The molecule has 1 fully saturated rings. The summed E-state index contributed by atoms with van der Waals surface area (Å²) < 4.78 is 46.2. The van der Waals surface area contributed by atoms with Crippen LogP contribution in [-0.4, -0.2) is 45.1 Å². The standard InChI is InChI=1S/C20H23FN2O4S2/c1-27-17-10-9-15(21)12-19(17)29(25,26)23-11-5-6-14(13-23)20(24)22-16-7-3-4-8-18(16)28-2/h3-4,7-10,12,14H,5-6,11,13H2,1-2H3,(H,22,24)/t14-/m1/s1. The van der Waals surface area contributed by atoms with E-state index >= 15 is 0 Å². The maximum atomic E-state index is 13.7. The average molecular weight is 439 g/mol. The number of ether oxygens (including phenoxy) is 1. The third kappa shape index (κ3) is 4.73. The number of para-hydroxylation sites is 1. The Morgan fingerprint density at radius 1 is 1.28 bits per heavy atom. The monoisotopic (exact) mass is 438 g/mol. The first-order valence-corrected chi connectivity index (χ1v) is 11.8. The number of carbonyl (C=O) groups is 1. The van der Waals surface area contributed by atoms with Crippen LogP contribution in [0.1, 0.15) is 12.8 Å². The molecule has 0 aromatic heterocycles. The normalized spacial score (nSPS) is 17.7. The van der Waals surface area contributed by atoms with Gasteiger partial charge in [-0.2, -0.15) is 4.31 Å². The Hall–Kier alpha value is -2.10. The Kier molecular flexibility index (Phi) is 6.81. The van der Waals surface area contributed by atoms with E-state index in [0.29, 0.717) is 18.5 Å². The van der Waals surface area contributed by atoms with Crippen LogP contribution >= 0.6 is 11.8 Å². The molecule has 29 heavy (non-hydrogen) atoms. The molecule has 0 radical (unpaired) electrons. The molecule has 156 valence electrons.